The van der Waals surface area contributed by atoms with Crippen molar-refractivity contribution in [1.82, 2.24) is 10.3 Å². The summed E-state index contributed by atoms with van der Waals surface area (Å²) in [5, 5.41) is 4.31. The van der Waals surface area contributed by atoms with Crippen LogP contribution in [0.15, 0.2) is 41.6 Å². The zero-order valence-electron chi connectivity index (χ0n) is 15.0. The van der Waals surface area contributed by atoms with Gasteiger partial charge in [0.05, 0.1) is 5.56 Å². The number of carbonyl (C=O) groups is 3. The van der Waals surface area contributed by atoms with Crippen molar-refractivity contribution in [3.63, 3.8) is 0 Å². The minimum atomic E-state index is -2.77. The molecule has 0 bridgehead atoms. The summed E-state index contributed by atoms with van der Waals surface area (Å²) in [4.78, 5) is 39.4. The molecule has 28 heavy (non-hydrogen) atoms. The van der Waals surface area contributed by atoms with Crippen LogP contribution in [0.2, 0.25) is 0 Å². The van der Waals surface area contributed by atoms with Gasteiger partial charge >= 0.3 is 12.0 Å². The molecule has 1 aromatic carbocycles. The number of amides is 3. The van der Waals surface area contributed by atoms with Gasteiger partial charge in [-0.05, 0) is 49.4 Å². The fraction of sp³-hybridized carbons (Fsp3) is 0.222. The van der Waals surface area contributed by atoms with Gasteiger partial charge in [0.15, 0.2) is 6.61 Å². The topological polar surface area (TPSA) is 97.4 Å². The molecular formula is C18H17F2N3O4S. The number of pyridine rings is 1. The molecule has 0 saturated carbocycles. The van der Waals surface area contributed by atoms with Gasteiger partial charge in [-0.1, -0.05) is 17.7 Å². The van der Waals surface area contributed by atoms with E-state index in [1.807, 2.05) is 18.3 Å². The predicted octanol–water partition coefficient (Wildman–Crippen LogP) is 3.52. The van der Waals surface area contributed by atoms with E-state index in [1.54, 1.807) is 19.1 Å². The van der Waals surface area contributed by atoms with E-state index < -0.39 is 30.3 Å². The molecule has 0 aliphatic rings. The first-order chi connectivity index (χ1) is 13.3. The fourth-order valence-electron chi connectivity index (χ4n) is 2.20. The number of nitrogens with zero attached hydrogens (tertiary/aromatic N) is 1. The Bertz CT molecular complexity index is 893. The number of hydrogen-bond donors (Lipinski definition) is 2. The maximum atomic E-state index is 12.5. The predicted molar refractivity (Wildman–Crippen MR) is 99.5 cm³/mol. The Balaban J connectivity index is 1.88. The largest absolute Gasteiger partial charge is 0.452 e. The second-order valence-corrected chi connectivity index (χ2v) is 6.61. The summed E-state index contributed by atoms with van der Waals surface area (Å²) in [5.74, 6) is -4.64. The zero-order valence-corrected chi connectivity index (χ0v) is 15.8. The van der Waals surface area contributed by atoms with Gasteiger partial charge < -0.3 is 10.1 Å². The molecule has 2 N–H and O–H groups in total. The van der Waals surface area contributed by atoms with E-state index in [-0.39, 0.29) is 22.4 Å². The van der Waals surface area contributed by atoms with E-state index in [0.717, 1.165) is 11.1 Å². The molecule has 2 aromatic rings. The number of thioether (sulfide) groups is 1. The van der Waals surface area contributed by atoms with Gasteiger partial charge in [-0.25, -0.2) is 14.6 Å². The highest BCUT2D eigenvalue weighted by atomic mass is 32.2. The monoisotopic (exact) mass is 409 g/mol. The third-order valence-electron chi connectivity index (χ3n) is 3.41. The van der Waals surface area contributed by atoms with E-state index in [2.05, 4.69) is 10.3 Å². The summed E-state index contributed by atoms with van der Waals surface area (Å²) in [6, 6.07) is 7.20. The first kappa shape index (κ1) is 21.3. The van der Waals surface area contributed by atoms with Crippen molar-refractivity contribution in [2.24, 2.45) is 0 Å². The van der Waals surface area contributed by atoms with Crippen molar-refractivity contribution in [1.29, 1.82) is 0 Å². The molecule has 0 aliphatic carbocycles. The molecule has 3 amide bonds. The summed E-state index contributed by atoms with van der Waals surface area (Å²) in [7, 11) is 0. The van der Waals surface area contributed by atoms with Gasteiger partial charge in [-0.3, -0.25) is 10.1 Å². The van der Waals surface area contributed by atoms with E-state index in [1.165, 1.54) is 18.3 Å². The molecule has 0 atom stereocenters. The van der Waals surface area contributed by atoms with Gasteiger partial charge in [0.1, 0.15) is 5.03 Å². The van der Waals surface area contributed by atoms with E-state index in [9.17, 15) is 23.2 Å². The van der Waals surface area contributed by atoms with Crippen molar-refractivity contribution in [2.45, 2.75) is 24.6 Å². The summed E-state index contributed by atoms with van der Waals surface area (Å²) in [5.41, 5.74) is 2.16. The number of nitrogens with one attached hydrogen (secondary N) is 2. The Morgan fingerprint density at radius 1 is 1.21 bits per heavy atom. The van der Waals surface area contributed by atoms with Gasteiger partial charge in [0.25, 0.3) is 11.7 Å². The molecule has 7 nitrogen and oxygen atoms in total. The lowest BCUT2D eigenvalue weighted by atomic mass is 10.1. The molecule has 1 heterocycles. The van der Waals surface area contributed by atoms with E-state index in [4.69, 9.17) is 4.74 Å². The van der Waals surface area contributed by atoms with Crippen molar-refractivity contribution >= 4 is 35.4 Å². The van der Waals surface area contributed by atoms with Crippen molar-refractivity contribution < 1.29 is 27.9 Å². The Morgan fingerprint density at radius 2 is 1.96 bits per heavy atom. The summed E-state index contributed by atoms with van der Waals surface area (Å²) >= 11 is 0.0919. The number of rotatable bonds is 6. The number of benzene rings is 1. The Kier molecular flexibility index (Phi) is 7.44. The summed E-state index contributed by atoms with van der Waals surface area (Å²) in [6.45, 7) is 2.95. The lowest BCUT2D eigenvalue weighted by Crippen LogP contribution is -2.37. The molecule has 10 heteroatoms. The minimum Gasteiger partial charge on any atom is -0.452 e. The quantitative estimate of drug-likeness (QED) is 0.560. The first-order valence-electron chi connectivity index (χ1n) is 8.01. The van der Waals surface area contributed by atoms with Crippen LogP contribution in [0, 0.1) is 13.8 Å². The molecule has 0 aliphatic heterocycles. The molecule has 1 aromatic heterocycles. The number of hydrogen-bond acceptors (Lipinski definition) is 6. The molecule has 0 saturated heterocycles. The lowest BCUT2D eigenvalue weighted by Gasteiger charge is -2.10. The molecule has 0 spiro atoms. The van der Waals surface area contributed by atoms with Crippen LogP contribution in [0.25, 0.3) is 0 Å². The molecular weight excluding hydrogens is 392 g/mol. The van der Waals surface area contributed by atoms with E-state index in [0.29, 0.717) is 5.69 Å². The number of esters is 1. The number of imide groups is 1. The highest BCUT2D eigenvalue weighted by molar-refractivity contribution is 7.99. The molecule has 0 radical (unpaired) electrons. The van der Waals surface area contributed by atoms with Crippen LogP contribution < -0.4 is 10.6 Å². The fourth-order valence-corrected chi connectivity index (χ4v) is 2.77. The first-order valence-corrected chi connectivity index (χ1v) is 8.89. The second kappa shape index (κ2) is 9.79. The summed E-state index contributed by atoms with van der Waals surface area (Å²) in [6.07, 6.45) is 1.26. The average molecular weight is 409 g/mol. The van der Waals surface area contributed by atoms with Gasteiger partial charge in [-0.2, -0.15) is 8.78 Å². The molecule has 0 fully saturated rings. The Labute approximate surface area is 163 Å². The second-order valence-electron chi connectivity index (χ2n) is 5.63. The van der Waals surface area contributed by atoms with Gasteiger partial charge in [0, 0.05) is 11.9 Å². The normalized spacial score (nSPS) is 10.5. The highest BCUT2D eigenvalue weighted by Crippen LogP contribution is 2.26. The number of carbonyl (C=O) groups excluding carboxylic acids is 3. The standard InChI is InChI=1S/C18H17F2N3O4S/c1-10-5-6-13(11(2)8-10)22-18(26)23-14(24)9-27-16(25)12-4-3-7-21-15(12)28-17(19)20/h3-8,17H,9H2,1-2H3,(H2,22,23,24,26). The number of alkyl halides is 2. The zero-order chi connectivity index (χ0) is 20.7. The number of aromatic nitrogens is 1. The Hall–Kier alpha value is -3.01. The van der Waals surface area contributed by atoms with Crippen molar-refractivity contribution in [3.05, 3.63) is 53.2 Å². The maximum Gasteiger partial charge on any atom is 0.341 e. The number of anilines is 1. The van der Waals surface area contributed by atoms with Crippen LogP contribution in [0.1, 0.15) is 21.5 Å². The maximum absolute atomic E-state index is 12.5. The lowest BCUT2D eigenvalue weighted by molar-refractivity contribution is -0.123. The van der Waals surface area contributed by atoms with Gasteiger partial charge in [-0.15, -0.1) is 0 Å². The van der Waals surface area contributed by atoms with Crippen LogP contribution in [0.4, 0.5) is 19.3 Å². The van der Waals surface area contributed by atoms with Crippen molar-refractivity contribution in [3.8, 4) is 0 Å². The SMILES string of the molecule is Cc1ccc(NC(=O)NC(=O)COC(=O)c2cccnc2SC(F)F)c(C)c1. The van der Waals surface area contributed by atoms with Crippen LogP contribution in [-0.2, 0) is 9.53 Å². The number of aryl methyl sites for hydroxylation is 2. The van der Waals surface area contributed by atoms with E-state index >= 15 is 0 Å². The average Bonchev–Trinajstić information content (AvgIpc) is 2.62. The van der Waals surface area contributed by atoms with Crippen LogP contribution in [-0.4, -0.2) is 35.3 Å². The van der Waals surface area contributed by atoms with Gasteiger partial charge in [0.2, 0.25) is 0 Å². The van der Waals surface area contributed by atoms with Crippen LogP contribution >= 0.6 is 11.8 Å². The number of halogens is 2. The van der Waals surface area contributed by atoms with Crippen LogP contribution in [0.5, 0.6) is 0 Å². The Morgan fingerprint density at radius 3 is 2.64 bits per heavy atom. The third-order valence-corrected chi connectivity index (χ3v) is 4.14. The number of urea groups is 1. The number of ether oxygens (including phenoxy) is 1. The molecule has 148 valence electrons. The molecule has 2 rings (SSSR count). The highest BCUT2D eigenvalue weighted by Gasteiger charge is 2.19. The third kappa shape index (κ3) is 6.31. The summed E-state index contributed by atoms with van der Waals surface area (Å²) < 4.78 is 29.8. The van der Waals surface area contributed by atoms with Crippen molar-refractivity contribution in [2.75, 3.05) is 11.9 Å². The minimum absolute atomic E-state index is 0.0919. The van der Waals surface area contributed by atoms with Crippen LogP contribution in [0.3, 0.4) is 0 Å². The molecule has 0 unspecified atom stereocenters. The smallest absolute Gasteiger partial charge is 0.341 e.